The number of non-ortho nitro benzene ring substituents is 1. The average Bonchev–Trinajstić information content (AvgIpc) is 2.76. The van der Waals surface area contributed by atoms with E-state index in [2.05, 4.69) is 4.98 Å². The van der Waals surface area contributed by atoms with Crippen molar-refractivity contribution >= 4 is 16.7 Å². The summed E-state index contributed by atoms with van der Waals surface area (Å²) in [6.07, 6.45) is 0. The number of benzene rings is 2. The Morgan fingerprint density at radius 1 is 1.15 bits per heavy atom. The number of aryl methyl sites for hydroxylation is 2. The fraction of sp³-hybridized carbons (Fsp3) is 0.133. The molecule has 0 aliphatic rings. The smallest absolute Gasteiger partial charge is 0.271 e. The summed E-state index contributed by atoms with van der Waals surface area (Å²) < 4.78 is 1.95. The molecule has 0 spiro atoms. The molecular weight excluding hydrogens is 254 g/mol. The van der Waals surface area contributed by atoms with Gasteiger partial charge in [-0.05, 0) is 13.0 Å². The molecule has 0 radical (unpaired) electrons. The molecule has 0 bridgehead atoms. The van der Waals surface area contributed by atoms with Gasteiger partial charge in [0, 0.05) is 24.7 Å². The summed E-state index contributed by atoms with van der Waals surface area (Å²) >= 11 is 0. The first-order valence-corrected chi connectivity index (χ1v) is 6.24. The van der Waals surface area contributed by atoms with Gasteiger partial charge in [0.2, 0.25) is 0 Å². The van der Waals surface area contributed by atoms with Gasteiger partial charge in [0.1, 0.15) is 5.82 Å². The third-order valence-electron chi connectivity index (χ3n) is 3.38. The van der Waals surface area contributed by atoms with Crippen LogP contribution in [0.15, 0.2) is 42.5 Å². The lowest BCUT2D eigenvalue weighted by Gasteiger charge is -2.02. The Hall–Kier alpha value is -2.69. The molecule has 3 rings (SSSR count). The first-order valence-electron chi connectivity index (χ1n) is 6.24. The lowest BCUT2D eigenvalue weighted by Crippen LogP contribution is -1.92. The standard InChI is InChI=1S/C15H13N3O2/c1-10-3-5-11(6-4-10)15-16-13-9-12(18(19)20)7-8-14(13)17(15)2/h3-9H,1-2H3. The highest BCUT2D eigenvalue weighted by Crippen LogP contribution is 2.26. The lowest BCUT2D eigenvalue weighted by atomic mass is 10.1. The molecule has 1 aromatic heterocycles. The predicted octanol–water partition coefficient (Wildman–Crippen LogP) is 3.46. The van der Waals surface area contributed by atoms with Crippen molar-refractivity contribution in [3.05, 3.63) is 58.1 Å². The van der Waals surface area contributed by atoms with E-state index in [-0.39, 0.29) is 5.69 Å². The topological polar surface area (TPSA) is 61.0 Å². The van der Waals surface area contributed by atoms with Crippen molar-refractivity contribution in [2.45, 2.75) is 6.92 Å². The van der Waals surface area contributed by atoms with E-state index in [4.69, 9.17) is 0 Å². The number of aromatic nitrogens is 2. The van der Waals surface area contributed by atoms with Crippen molar-refractivity contribution in [3.63, 3.8) is 0 Å². The molecule has 0 amide bonds. The predicted molar refractivity (Wildman–Crippen MR) is 77.5 cm³/mol. The molecule has 100 valence electrons. The number of hydrogen-bond donors (Lipinski definition) is 0. The van der Waals surface area contributed by atoms with Crippen LogP contribution in [0.1, 0.15) is 5.56 Å². The van der Waals surface area contributed by atoms with Crippen molar-refractivity contribution in [2.75, 3.05) is 0 Å². The van der Waals surface area contributed by atoms with Gasteiger partial charge in [0.15, 0.2) is 0 Å². The number of nitro benzene ring substituents is 1. The van der Waals surface area contributed by atoms with Gasteiger partial charge in [-0.3, -0.25) is 10.1 Å². The van der Waals surface area contributed by atoms with E-state index >= 15 is 0 Å². The van der Waals surface area contributed by atoms with Gasteiger partial charge in [-0.2, -0.15) is 0 Å². The van der Waals surface area contributed by atoms with Gasteiger partial charge in [-0.25, -0.2) is 4.98 Å². The molecule has 0 atom stereocenters. The van der Waals surface area contributed by atoms with Gasteiger partial charge in [-0.15, -0.1) is 0 Å². The molecule has 0 fully saturated rings. The van der Waals surface area contributed by atoms with E-state index in [0.717, 1.165) is 16.9 Å². The molecule has 0 unspecified atom stereocenters. The van der Waals surface area contributed by atoms with E-state index in [1.807, 2.05) is 42.8 Å². The zero-order valence-corrected chi connectivity index (χ0v) is 11.2. The second kappa shape index (κ2) is 4.45. The molecule has 2 aromatic carbocycles. The highest BCUT2D eigenvalue weighted by Gasteiger charge is 2.13. The number of fused-ring (bicyclic) bond motifs is 1. The number of imidazole rings is 1. The Morgan fingerprint density at radius 2 is 1.85 bits per heavy atom. The van der Waals surface area contributed by atoms with Crippen molar-refractivity contribution in [3.8, 4) is 11.4 Å². The summed E-state index contributed by atoms with van der Waals surface area (Å²) in [5.41, 5.74) is 3.76. The van der Waals surface area contributed by atoms with Gasteiger partial charge in [0.05, 0.1) is 16.0 Å². The highest BCUT2D eigenvalue weighted by molar-refractivity contribution is 5.82. The largest absolute Gasteiger partial charge is 0.327 e. The number of rotatable bonds is 2. The summed E-state index contributed by atoms with van der Waals surface area (Å²) in [5.74, 6) is 0.806. The third-order valence-corrected chi connectivity index (χ3v) is 3.38. The van der Waals surface area contributed by atoms with Crippen molar-refractivity contribution in [1.82, 2.24) is 9.55 Å². The molecule has 5 nitrogen and oxygen atoms in total. The van der Waals surface area contributed by atoms with Crippen LogP contribution >= 0.6 is 0 Å². The second-order valence-corrected chi connectivity index (χ2v) is 4.79. The minimum Gasteiger partial charge on any atom is -0.327 e. The van der Waals surface area contributed by atoms with E-state index in [0.29, 0.717) is 5.52 Å². The SMILES string of the molecule is Cc1ccc(-c2nc3cc([N+](=O)[O-])ccc3n2C)cc1. The monoisotopic (exact) mass is 267 g/mol. The van der Waals surface area contributed by atoms with Crippen LogP contribution in [0.5, 0.6) is 0 Å². The molecule has 3 aromatic rings. The fourth-order valence-electron chi connectivity index (χ4n) is 2.26. The van der Waals surface area contributed by atoms with Crippen LogP contribution in [0.25, 0.3) is 22.4 Å². The molecule has 5 heteroatoms. The van der Waals surface area contributed by atoms with Crippen LogP contribution in [0.4, 0.5) is 5.69 Å². The van der Waals surface area contributed by atoms with Crippen LogP contribution in [-0.4, -0.2) is 14.5 Å². The Bertz CT molecular complexity index is 804. The van der Waals surface area contributed by atoms with Crippen LogP contribution in [0, 0.1) is 17.0 Å². The van der Waals surface area contributed by atoms with Gasteiger partial charge in [0.25, 0.3) is 5.69 Å². The van der Waals surface area contributed by atoms with E-state index in [9.17, 15) is 10.1 Å². The number of nitro groups is 1. The van der Waals surface area contributed by atoms with Crippen LogP contribution < -0.4 is 0 Å². The molecule has 0 saturated heterocycles. The summed E-state index contributed by atoms with van der Waals surface area (Å²) in [6.45, 7) is 2.03. The van der Waals surface area contributed by atoms with E-state index in [1.54, 1.807) is 6.07 Å². The van der Waals surface area contributed by atoms with Gasteiger partial charge in [-0.1, -0.05) is 29.8 Å². The number of nitrogens with zero attached hydrogens (tertiary/aromatic N) is 3. The zero-order chi connectivity index (χ0) is 14.3. The summed E-state index contributed by atoms with van der Waals surface area (Å²) in [5, 5.41) is 10.8. The molecule has 0 aliphatic heterocycles. The summed E-state index contributed by atoms with van der Waals surface area (Å²) in [4.78, 5) is 14.9. The third kappa shape index (κ3) is 1.93. The number of hydrogen-bond acceptors (Lipinski definition) is 3. The molecule has 20 heavy (non-hydrogen) atoms. The second-order valence-electron chi connectivity index (χ2n) is 4.79. The van der Waals surface area contributed by atoms with Crippen molar-refractivity contribution < 1.29 is 4.92 Å². The van der Waals surface area contributed by atoms with Gasteiger partial charge < -0.3 is 4.57 Å². The average molecular weight is 267 g/mol. The molecule has 0 N–H and O–H groups in total. The Kier molecular flexibility index (Phi) is 2.75. The Balaban J connectivity index is 2.19. The van der Waals surface area contributed by atoms with E-state index in [1.165, 1.54) is 17.7 Å². The zero-order valence-electron chi connectivity index (χ0n) is 11.2. The normalized spacial score (nSPS) is 10.9. The van der Waals surface area contributed by atoms with E-state index < -0.39 is 4.92 Å². The Labute approximate surface area is 115 Å². The Morgan fingerprint density at radius 3 is 2.50 bits per heavy atom. The minimum atomic E-state index is -0.403. The first-order chi connectivity index (χ1) is 9.56. The van der Waals surface area contributed by atoms with Crippen LogP contribution in [0.3, 0.4) is 0 Å². The summed E-state index contributed by atoms with van der Waals surface area (Å²) in [6, 6.07) is 12.8. The fourth-order valence-corrected chi connectivity index (χ4v) is 2.26. The molecule has 0 aliphatic carbocycles. The van der Waals surface area contributed by atoms with Crippen molar-refractivity contribution in [2.24, 2.45) is 7.05 Å². The highest BCUT2D eigenvalue weighted by atomic mass is 16.6. The van der Waals surface area contributed by atoms with Crippen molar-refractivity contribution in [1.29, 1.82) is 0 Å². The quantitative estimate of drug-likeness (QED) is 0.527. The van der Waals surface area contributed by atoms with Crippen LogP contribution in [0.2, 0.25) is 0 Å². The van der Waals surface area contributed by atoms with Gasteiger partial charge >= 0.3 is 0 Å². The molecule has 0 saturated carbocycles. The molecule has 1 heterocycles. The first kappa shape index (κ1) is 12.3. The maximum Gasteiger partial charge on any atom is 0.271 e. The summed E-state index contributed by atoms with van der Waals surface area (Å²) in [7, 11) is 1.91. The maximum atomic E-state index is 10.8. The van der Waals surface area contributed by atoms with Crippen LogP contribution in [-0.2, 0) is 7.05 Å². The lowest BCUT2D eigenvalue weighted by molar-refractivity contribution is -0.384. The minimum absolute atomic E-state index is 0.0612. The maximum absolute atomic E-state index is 10.8. The molecular formula is C15H13N3O2.